The summed E-state index contributed by atoms with van der Waals surface area (Å²) < 4.78 is 5.37. The van der Waals surface area contributed by atoms with Gasteiger partial charge in [0.2, 0.25) is 17.6 Å². The molecule has 0 atom stereocenters. The molecule has 1 amide bonds. The Kier molecular flexibility index (Phi) is 4.25. The lowest BCUT2D eigenvalue weighted by Crippen LogP contribution is -2.50. The molecule has 7 heteroatoms. The van der Waals surface area contributed by atoms with Gasteiger partial charge in [-0.2, -0.15) is 4.98 Å². The fourth-order valence-corrected chi connectivity index (χ4v) is 3.42. The van der Waals surface area contributed by atoms with Gasteiger partial charge in [0.25, 0.3) is 0 Å². The molecule has 2 aromatic heterocycles. The summed E-state index contributed by atoms with van der Waals surface area (Å²) in [4.78, 5) is 22.7. The van der Waals surface area contributed by atoms with Crippen LogP contribution in [-0.2, 0) is 4.79 Å². The van der Waals surface area contributed by atoms with E-state index >= 15 is 0 Å². The van der Waals surface area contributed by atoms with Gasteiger partial charge in [0.05, 0.1) is 12.5 Å². The van der Waals surface area contributed by atoms with Crippen molar-refractivity contribution < 1.29 is 9.32 Å². The second-order valence-electron chi connectivity index (χ2n) is 6.64. The second kappa shape index (κ2) is 6.68. The zero-order chi connectivity index (χ0) is 16.4. The van der Waals surface area contributed by atoms with Gasteiger partial charge in [-0.1, -0.05) is 18.0 Å². The maximum absolute atomic E-state index is 12.0. The molecule has 7 nitrogen and oxygen atoms in total. The minimum absolute atomic E-state index is 0.127. The van der Waals surface area contributed by atoms with Crippen LogP contribution < -0.4 is 5.32 Å². The lowest BCUT2D eigenvalue weighted by molar-refractivity contribution is -0.124. The first kappa shape index (κ1) is 15.3. The largest absolute Gasteiger partial charge is 0.352 e. The summed E-state index contributed by atoms with van der Waals surface area (Å²) in [6, 6.07) is 4.13. The molecule has 0 bridgehead atoms. The Labute approximate surface area is 140 Å². The molecule has 1 aliphatic carbocycles. The average molecular weight is 327 g/mol. The molecule has 4 rings (SSSR count). The highest BCUT2D eigenvalue weighted by Gasteiger charge is 2.34. The number of hydrogen-bond acceptors (Lipinski definition) is 6. The van der Waals surface area contributed by atoms with Crippen LogP contribution in [-0.4, -0.2) is 51.6 Å². The first-order chi connectivity index (χ1) is 11.8. The van der Waals surface area contributed by atoms with E-state index in [-0.39, 0.29) is 11.8 Å². The Morgan fingerprint density at radius 2 is 2.17 bits per heavy atom. The van der Waals surface area contributed by atoms with Crippen molar-refractivity contribution in [3.05, 3.63) is 30.4 Å². The van der Waals surface area contributed by atoms with Crippen molar-refractivity contribution >= 4 is 5.91 Å². The summed E-state index contributed by atoms with van der Waals surface area (Å²) in [6.07, 6.45) is 8.13. The van der Waals surface area contributed by atoms with Crippen LogP contribution in [0.15, 0.2) is 29.0 Å². The molecular weight excluding hydrogens is 306 g/mol. The lowest BCUT2D eigenvalue weighted by Gasteiger charge is -2.36. The molecule has 0 unspecified atom stereocenters. The first-order valence-electron chi connectivity index (χ1n) is 8.53. The molecule has 2 aromatic rings. The van der Waals surface area contributed by atoms with E-state index in [4.69, 9.17) is 4.52 Å². The normalized spacial score (nSPS) is 19.3. The van der Waals surface area contributed by atoms with Gasteiger partial charge in [0.15, 0.2) is 0 Å². The number of rotatable bonds is 5. The molecule has 1 saturated heterocycles. The Bertz CT molecular complexity index is 690. The van der Waals surface area contributed by atoms with Gasteiger partial charge in [-0.05, 0) is 25.0 Å². The van der Waals surface area contributed by atoms with Gasteiger partial charge in [0.1, 0.15) is 0 Å². The molecular formula is C17H21N5O2. The van der Waals surface area contributed by atoms with Crippen LogP contribution in [0.3, 0.4) is 0 Å². The SMILES string of the molecule is O=C(CN1CC(c2nc(-c3cccnc3)no2)C1)NC1CCCC1. The third kappa shape index (κ3) is 3.31. The molecule has 0 aromatic carbocycles. The summed E-state index contributed by atoms with van der Waals surface area (Å²) >= 11 is 0. The van der Waals surface area contributed by atoms with Crippen LogP contribution in [0, 0.1) is 0 Å². The first-order valence-corrected chi connectivity index (χ1v) is 8.53. The monoisotopic (exact) mass is 327 g/mol. The molecule has 24 heavy (non-hydrogen) atoms. The lowest BCUT2D eigenvalue weighted by atomic mass is 10.0. The maximum Gasteiger partial charge on any atom is 0.234 e. The van der Waals surface area contributed by atoms with Crippen molar-refractivity contribution in [1.82, 2.24) is 25.3 Å². The third-order valence-electron chi connectivity index (χ3n) is 4.76. The number of nitrogens with zero attached hydrogens (tertiary/aromatic N) is 4. The predicted octanol–water partition coefficient (Wildman–Crippen LogP) is 1.59. The van der Waals surface area contributed by atoms with Crippen LogP contribution >= 0.6 is 0 Å². The molecule has 3 heterocycles. The predicted molar refractivity (Wildman–Crippen MR) is 87.1 cm³/mol. The molecule has 1 saturated carbocycles. The maximum atomic E-state index is 12.0. The Morgan fingerprint density at radius 3 is 2.92 bits per heavy atom. The number of pyridine rings is 1. The van der Waals surface area contributed by atoms with Crippen LogP contribution in [0.1, 0.15) is 37.5 Å². The summed E-state index contributed by atoms with van der Waals surface area (Å²) in [7, 11) is 0. The van der Waals surface area contributed by atoms with Crippen molar-refractivity contribution in [2.75, 3.05) is 19.6 Å². The van der Waals surface area contributed by atoms with Gasteiger partial charge in [-0.3, -0.25) is 14.7 Å². The highest BCUT2D eigenvalue weighted by molar-refractivity contribution is 5.78. The summed E-state index contributed by atoms with van der Waals surface area (Å²) in [6.45, 7) is 2.02. The van der Waals surface area contributed by atoms with E-state index in [1.54, 1.807) is 12.4 Å². The van der Waals surface area contributed by atoms with E-state index in [1.807, 2.05) is 12.1 Å². The molecule has 0 radical (unpaired) electrons. The van der Waals surface area contributed by atoms with Crippen molar-refractivity contribution in [3.8, 4) is 11.4 Å². The second-order valence-corrected chi connectivity index (χ2v) is 6.64. The smallest absolute Gasteiger partial charge is 0.234 e. The fourth-order valence-electron chi connectivity index (χ4n) is 3.42. The Morgan fingerprint density at radius 1 is 1.33 bits per heavy atom. The van der Waals surface area contributed by atoms with Crippen molar-refractivity contribution in [2.24, 2.45) is 0 Å². The average Bonchev–Trinajstić information content (AvgIpc) is 3.23. The molecule has 2 aliphatic rings. The Balaban J connectivity index is 1.27. The molecule has 1 N–H and O–H groups in total. The van der Waals surface area contributed by atoms with Gasteiger partial charge >= 0.3 is 0 Å². The van der Waals surface area contributed by atoms with Gasteiger partial charge in [-0.25, -0.2) is 0 Å². The van der Waals surface area contributed by atoms with Crippen molar-refractivity contribution in [3.63, 3.8) is 0 Å². The van der Waals surface area contributed by atoms with Gasteiger partial charge in [0, 0.05) is 37.1 Å². The zero-order valence-electron chi connectivity index (χ0n) is 13.5. The summed E-state index contributed by atoms with van der Waals surface area (Å²) in [5, 5.41) is 7.14. The third-order valence-corrected chi connectivity index (χ3v) is 4.76. The van der Waals surface area contributed by atoms with Crippen molar-refractivity contribution in [2.45, 2.75) is 37.6 Å². The van der Waals surface area contributed by atoms with E-state index in [1.165, 1.54) is 12.8 Å². The minimum Gasteiger partial charge on any atom is -0.352 e. The molecule has 0 spiro atoms. The minimum atomic E-state index is 0.127. The molecule has 2 fully saturated rings. The van der Waals surface area contributed by atoms with Crippen LogP contribution in [0.2, 0.25) is 0 Å². The van der Waals surface area contributed by atoms with E-state index in [2.05, 4.69) is 25.3 Å². The fraction of sp³-hybridized carbons (Fsp3) is 0.529. The van der Waals surface area contributed by atoms with Gasteiger partial charge in [-0.15, -0.1) is 0 Å². The zero-order valence-corrected chi connectivity index (χ0v) is 13.5. The number of hydrogen-bond donors (Lipinski definition) is 1. The number of likely N-dealkylation sites (tertiary alicyclic amines) is 1. The summed E-state index contributed by atoms with van der Waals surface area (Å²) in [5.74, 6) is 1.54. The number of nitrogens with one attached hydrogen (secondary N) is 1. The number of aromatic nitrogens is 3. The van der Waals surface area contributed by atoms with E-state index in [9.17, 15) is 4.79 Å². The van der Waals surface area contributed by atoms with Crippen LogP contribution in [0.5, 0.6) is 0 Å². The molecule has 126 valence electrons. The van der Waals surface area contributed by atoms with E-state index < -0.39 is 0 Å². The summed E-state index contributed by atoms with van der Waals surface area (Å²) in [5.41, 5.74) is 0.847. The number of carbonyl (C=O) groups excluding carboxylic acids is 1. The number of carbonyl (C=O) groups is 1. The highest BCUT2D eigenvalue weighted by atomic mass is 16.5. The highest BCUT2D eigenvalue weighted by Crippen LogP contribution is 2.27. The van der Waals surface area contributed by atoms with Crippen LogP contribution in [0.25, 0.3) is 11.4 Å². The topological polar surface area (TPSA) is 84.2 Å². The van der Waals surface area contributed by atoms with E-state index in [0.717, 1.165) is 31.5 Å². The quantitative estimate of drug-likeness (QED) is 0.898. The van der Waals surface area contributed by atoms with Crippen LogP contribution in [0.4, 0.5) is 0 Å². The standard InChI is InChI=1S/C17H21N5O2/c23-15(19-14-5-1-2-6-14)11-22-9-13(10-22)17-20-16(21-24-17)12-4-3-7-18-8-12/h3-4,7-8,13-14H,1-2,5-6,9-11H2,(H,19,23). The van der Waals surface area contributed by atoms with Gasteiger partial charge < -0.3 is 9.84 Å². The Hall–Kier alpha value is -2.28. The molecule has 1 aliphatic heterocycles. The number of amides is 1. The van der Waals surface area contributed by atoms with Crippen molar-refractivity contribution in [1.29, 1.82) is 0 Å². The van der Waals surface area contributed by atoms with E-state index in [0.29, 0.717) is 24.3 Å².